The van der Waals surface area contributed by atoms with E-state index in [2.05, 4.69) is 10.5 Å². The first-order chi connectivity index (χ1) is 13.2. The summed E-state index contributed by atoms with van der Waals surface area (Å²) >= 11 is 1.46. The molecule has 0 aliphatic heterocycles. The minimum Gasteiger partial charge on any atom is -0.359 e. The molecule has 6 nitrogen and oxygen atoms in total. The Bertz CT molecular complexity index is 776. The topological polar surface area (TPSA) is 75.4 Å². The van der Waals surface area contributed by atoms with Gasteiger partial charge in [-0.1, -0.05) is 30.5 Å². The summed E-state index contributed by atoms with van der Waals surface area (Å²) in [4.78, 5) is 27.9. The van der Waals surface area contributed by atoms with Gasteiger partial charge in [-0.25, -0.2) is 0 Å². The van der Waals surface area contributed by atoms with Crippen LogP contribution in [0.4, 0.5) is 0 Å². The molecule has 2 fully saturated rings. The normalized spacial score (nSPS) is 17.6. The Hall–Kier alpha value is -2.15. The van der Waals surface area contributed by atoms with Gasteiger partial charge in [0.25, 0.3) is 11.8 Å². The van der Waals surface area contributed by atoms with Crippen molar-refractivity contribution in [2.24, 2.45) is 5.92 Å². The number of aromatic nitrogens is 1. The van der Waals surface area contributed by atoms with Crippen molar-refractivity contribution >= 4 is 23.2 Å². The molecule has 0 aromatic carbocycles. The van der Waals surface area contributed by atoms with Gasteiger partial charge in [0, 0.05) is 18.7 Å². The molecular formula is C20H25N3O3S. The van der Waals surface area contributed by atoms with Gasteiger partial charge < -0.3 is 14.7 Å². The van der Waals surface area contributed by atoms with Crippen LogP contribution in [0.3, 0.4) is 0 Å². The van der Waals surface area contributed by atoms with Gasteiger partial charge in [-0.3, -0.25) is 9.59 Å². The van der Waals surface area contributed by atoms with Gasteiger partial charge in [-0.15, -0.1) is 11.3 Å². The lowest BCUT2D eigenvalue weighted by atomic mass is 9.94. The van der Waals surface area contributed by atoms with E-state index in [0.717, 1.165) is 30.6 Å². The average molecular weight is 388 g/mol. The van der Waals surface area contributed by atoms with Crippen LogP contribution < -0.4 is 5.32 Å². The van der Waals surface area contributed by atoms with Gasteiger partial charge in [0.05, 0.1) is 11.4 Å². The smallest absolute Gasteiger partial charge is 0.273 e. The van der Waals surface area contributed by atoms with Gasteiger partial charge in [0.15, 0.2) is 11.5 Å². The fourth-order valence-electron chi connectivity index (χ4n) is 3.61. The van der Waals surface area contributed by atoms with Gasteiger partial charge in [0.2, 0.25) is 0 Å². The number of amides is 2. The van der Waals surface area contributed by atoms with Crippen molar-refractivity contribution in [2.75, 3.05) is 6.54 Å². The van der Waals surface area contributed by atoms with E-state index >= 15 is 0 Å². The van der Waals surface area contributed by atoms with Crippen LogP contribution in [0.25, 0.3) is 0 Å². The molecule has 0 spiro atoms. The van der Waals surface area contributed by atoms with Gasteiger partial charge in [-0.05, 0) is 43.0 Å². The Balaban J connectivity index is 1.45. The van der Waals surface area contributed by atoms with E-state index in [9.17, 15) is 9.59 Å². The van der Waals surface area contributed by atoms with Gasteiger partial charge in [-0.2, -0.15) is 0 Å². The standard InChI is InChI=1S/C20H25N3O3S/c24-19(21-12-14-8-9-14)17-11-16(26-22-17)13-23(15-5-2-1-3-6-15)20(25)18-7-4-10-27-18/h4,7,10-11,14-15H,1-3,5-6,8-9,12-13H2,(H,21,24). The van der Waals surface area contributed by atoms with Gasteiger partial charge >= 0.3 is 0 Å². The van der Waals surface area contributed by atoms with Crippen LogP contribution in [0, 0.1) is 5.92 Å². The minimum atomic E-state index is -0.203. The zero-order valence-corrected chi connectivity index (χ0v) is 16.2. The lowest BCUT2D eigenvalue weighted by molar-refractivity contribution is 0.0595. The number of nitrogens with one attached hydrogen (secondary N) is 1. The van der Waals surface area contributed by atoms with E-state index in [-0.39, 0.29) is 23.6 Å². The molecule has 2 aromatic heterocycles. The lowest BCUT2D eigenvalue weighted by Crippen LogP contribution is -2.40. The summed E-state index contributed by atoms with van der Waals surface area (Å²) in [5.74, 6) is 1.01. The largest absolute Gasteiger partial charge is 0.359 e. The average Bonchev–Trinajstić information content (AvgIpc) is 3.17. The van der Waals surface area contributed by atoms with Crippen LogP contribution in [0.2, 0.25) is 0 Å². The van der Waals surface area contributed by atoms with E-state index in [1.54, 1.807) is 6.07 Å². The third-order valence-corrected chi connectivity index (χ3v) is 6.23. The van der Waals surface area contributed by atoms with E-state index in [0.29, 0.717) is 24.8 Å². The second kappa shape index (κ2) is 8.25. The Morgan fingerprint density at radius 2 is 2.04 bits per heavy atom. The molecule has 144 valence electrons. The Kier molecular flexibility index (Phi) is 5.57. The second-order valence-corrected chi connectivity index (χ2v) is 8.48. The van der Waals surface area contributed by atoms with Crippen LogP contribution in [0.1, 0.15) is 70.9 Å². The fraction of sp³-hybridized carbons (Fsp3) is 0.550. The van der Waals surface area contributed by atoms with Crippen LogP contribution in [0.15, 0.2) is 28.1 Å². The predicted molar refractivity (Wildman–Crippen MR) is 103 cm³/mol. The number of thiophene rings is 1. The molecule has 0 unspecified atom stereocenters. The number of hydrogen-bond acceptors (Lipinski definition) is 5. The lowest BCUT2D eigenvalue weighted by Gasteiger charge is -2.33. The highest BCUT2D eigenvalue weighted by Gasteiger charge is 2.29. The van der Waals surface area contributed by atoms with Crippen molar-refractivity contribution in [3.63, 3.8) is 0 Å². The van der Waals surface area contributed by atoms with Crippen molar-refractivity contribution in [1.29, 1.82) is 0 Å². The molecule has 4 rings (SSSR count). The number of nitrogens with zero attached hydrogens (tertiary/aromatic N) is 2. The summed E-state index contributed by atoms with van der Waals surface area (Å²) in [6.07, 6.45) is 7.91. The molecule has 1 N–H and O–H groups in total. The molecule has 2 aromatic rings. The van der Waals surface area contributed by atoms with Crippen molar-refractivity contribution in [2.45, 2.75) is 57.5 Å². The van der Waals surface area contributed by atoms with Crippen molar-refractivity contribution in [1.82, 2.24) is 15.4 Å². The zero-order chi connectivity index (χ0) is 18.6. The van der Waals surface area contributed by atoms with Crippen molar-refractivity contribution < 1.29 is 14.1 Å². The summed E-state index contributed by atoms with van der Waals surface area (Å²) in [6.45, 7) is 1.05. The molecule has 2 aliphatic carbocycles. The van der Waals surface area contributed by atoms with Crippen LogP contribution >= 0.6 is 11.3 Å². The first kappa shape index (κ1) is 18.2. The Morgan fingerprint density at radius 1 is 1.22 bits per heavy atom. The second-order valence-electron chi connectivity index (χ2n) is 7.53. The minimum absolute atomic E-state index is 0.0352. The third-order valence-electron chi connectivity index (χ3n) is 5.37. The van der Waals surface area contributed by atoms with Gasteiger partial charge in [0.1, 0.15) is 0 Å². The van der Waals surface area contributed by atoms with Crippen molar-refractivity contribution in [3.8, 4) is 0 Å². The van der Waals surface area contributed by atoms with Crippen LogP contribution in [-0.2, 0) is 6.54 Å². The maximum Gasteiger partial charge on any atom is 0.273 e. The maximum atomic E-state index is 13.0. The number of rotatable bonds is 7. The van der Waals surface area contributed by atoms with E-state index in [1.165, 1.54) is 30.6 Å². The zero-order valence-electron chi connectivity index (χ0n) is 15.4. The number of carbonyl (C=O) groups is 2. The summed E-state index contributed by atoms with van der Waals surface area (Å²) in [7, 11) is 0. The first-order valence-corrected chi connectivity index (χ1v) is 10.7. The highest BCUT2D eigenvalue weighted by molar-refractivity contribution is 7.12. The molecule has 2 aliphatic rings. The molecular weight excluding hydrogens is 362 g/mol. The molecule has 2 heterocycles. The number of carbonyl (C=O) groups excluding carboxylic acids is 2. The SMILES string of the molecule is O=C(NCC1CC1)c1cc(CN(C(=O)c2cccs2)C2CCCCC2)on1. The molecule has 2 amide bonds. The molecule has 7 heteroatoms. The molecule has 0 bridgehead atoms. The fourth-order valence-corrected chi connectivity index (χ4v) is 4.29. The van der Waals surface area contributed by atoms with Crippen LogP contribution in [-0.4, -0.2) is 34.5 Å². The quantitative estimate of drug-likeness (QED) is 0.783. The maximum absolute atomic E-state index is 13.0. The van der Waals surface area contributed by atoms with E-state index in [4.69, 9.17) is 4.52 Å². The molecule has 2 saturated carbocycles. The highest BCUT2D eigenvalue weighted by Crippen LogP contribution is 2.28. The first-order valence-electron chi connectivity index (χ1n) is 9.79. The summed E-state index contributed by atoms with van der Waals surface area (Å²) in [6, 6.07) is 5.64. The Morgan fingerprint density at radius 3 is 2.74 bits per heavy atom. The number of hydrogen-bond donors (Lipinski definition) is 1. The monoisotopic (exact) mass is 387 g/mol. The predicted octanol–water partition coefficient (Wildman–Crippen LogP) is 3.85. The summed E-state index contributed by atoms with van der Waals surface area (Å²) in [5.41, 5.74) is 0.290. The summed E-state index contributed by atoms with van der Waals surface area (Å²) < 4.78 is 5.40. The molecule has 0 saturated heterocycles. The third kappa shape index (κ3) is 4.58. The molecule has 0 atom stereocenters. The van der Waals surface area contributed by atoms with E-state index in [1.807, 2.05) is 22.4 Å². The molecule has 27 heavy (non-hydrogen) atoms. The molecule has 0 radical (unpaired) electrons. The summed E-state index contributed by atoms with van der Waals surface area (Å²) in [5, 5.41) is 8.73. The highest BCUT2D eigenvalue weighted by atomic mass is 32.1. The van der Waals surface area contributed by atoms with Crippen molar-refractivity contribution in [3.05, 3.63) is 39.9 Å². The Labute approximate surface area is 162 Å². The van der Waals surface area contributed by atoms with E-state index < -0.39 is 0 Å². The van der Waals surface area contributed by atoms with Crippen LogP contribution in [0.5, 0.6) is 0 Å².